The van der Waals surface area contributed by atoms with Crippen molar-refractivity contribution in [3.05, 3.63) is 35.0 Å². The SMILES string of the molecule is Cc1ncsc1-c1ccc(CNC(=O)[C@@H]2CC(=O)CN2C(=O)[C@@H](NC(C)C)C(C)(C)C)c(O)c1. The molecule has 0 saturated carbocycles. The lowest BCUT2D eigenvalue weighted by atomic mass is 9.85. The predicted octanol–water partition coefficient (Wildman–Crippen LogP) is 3.02. The maximum absolute atomic E-state index is 13.4. The minimum Gasteiger partial charge on any atom is -0.508 e. The number of hydrogen-bond donors (Lipinski definition) is 3. The van der Waals surface area contributed by atoms with Crippen molar-refractivity contribution in [2.45, 2.75) is 72.6 Å². The maximum Gasteiger partial charge on any atom is 0.243 e. The van der Waals surface area contributed by atoms with E-state index < -0.39 is 23.4 Å². The molecule has 2 aromatic rings. The molecule has 0 aliphatic carbocycles. The van der Waals surface area contributed by atoms with Gasteiger partial charge in [0.15, 0.2) is 5.78 Å². The Balaban J connectivity index is 1.71. The number of carbonyl (C=O) groups is 3. The zero-order valence-corrected chi connectivity index (χ0v) is 21.5. The molecule has 2 amide bonds. The van der Waals surface area contributed by atoms with Crippen LogP contribution in [0.1, 0.15) is 52.3 Å². The van der Waals surface area contributed by atoms with E-state index in [1.165, 1.54) is 16.2 Å². The molecule has 1 aromatic carbocycles. The number of rotatable bonds is 7. The molecule has 184 valence electrons. The molecule has 8 nitrogen and oxygen atoms in total. The summed E-state index contributed by atoms with van der Waals surface area (Å²) in [6, 6.07) is 3.97. The zero-order chi connectivity index (χ0) is 25.2. The summed E-state index contributed by atoms with van der Waals surface area (Å²) in [5, 5.41) is 16.6. The van der Waals surface area contributed by atoms with Crippen molar-refractivity contribution in [3.8, 4) is 16.2 Å². The topological polar surface area (TPSA) is 112 Å². The van der Waals surface area contributed by atoms with Crippen LogP contribution in [-0.4, -0.2) is 57.3 Å². The summed E-state index contributed by atoms with van der Waals surface area (Å²) in [4.78, 5) is 45.2. The van der Waals surface area contributed by atoms with Crippen molar-refractivity contribution in [2.75, 3.05) is 6.54 Å². The Hall–Kier alpha value is -2.78. The summed E-state index contributed by atoms with van der Waals surface area (Å²) in [5.74, 6) is -0.731. The normalized spacial score (nSPS) is 17.3. The van der Waals surface area contributed by atoms with Crippen molar-refractivity contribution >= 4 is 28.9 Å². The van der Waals surface area contributed by atoms with Crippen LogP contribution in [0.25, 0.3) is 10.4 Å². The second kappa shape index (κ2) is 10.2. The van der Waals surface area contributed by atoms with Crippen molar-refractivity contribution in [1.82, 2.24) is 20.5 Å². The van der Waals surface area contributed by atoms with E-state index in [1.807, 2.05) is 47.6 Å². The van der Waals surface area contributed by atoms with E-state index in [4.69, 9.17) is 0 Å². The smallest absolute Gasteiger partial charge is 0.243 e. The van der Waals surface area contributed by atoms with Crippen molar-refractivity contribution in [2.24, 2.45) is 5.41 Å². The molecule has 9 heteroatoms. The van der Waals surface area contributed by atoms with Crippen LogP contribution < -0.4 is 10.6 Å². The summed E-state index contributed by atoms with van der Waals surface area (Å²) in [5.41, 5.74) is 3.67. The second-order valence-electron chi connectivity index (χ2n) is 10.2. The third kappa shape index (κ3) is 5.82. The molecule has 1 aliphatic rings. The van der Waals surface area contributed by atoms with E-state index in [1.54, 1.807) is 17.6 Å². The zero-order valence-electron chi connectivity index (χ0n) is 20.6. The molecule has 1 fully saturated rings. The molecule has 1 aromatic heterocycles. The summed E-state index contributed by atoms with van der Waals surface area (Å²) >= 11 is 1.50. The van der Waals surface area contributed by atoms with Gasteiger partial charge < -0.3 is 20.6 Å². The van der Waals surface area contributed by atoms with Crippen LogP contribution in [-0.2, 0) is 20.9 Å². The molecule has 34 heavy (non-hydrogen) atoms. The van der Waals surface area contributed by atoms with E-state index in [0.29, 0.717) is 5.56 Å². The van der Waals surface area contributed by atoms with Crippen molar-refractivity contribution in [3.63, 3.8) is 0 Å². The summed E-state index contributed by atoms with van der Waals surface area (Å²) in [6.07, 6.45) is -0.00824. The van der Waals surface area contributed by atoms with Crippen LogP contribution in [0.4, 0.5) is 0 Å². The molecule has 0 spiro atoms. The Labute approximate surface area is 204 Å². The lowest BCUT2D eigenvalue weighted by Crippen LogP contribution is -2.57. The second-order valence-corrected chi connectivity index (χ2v) is 11.0. The number of carbonyl (C=O) groups excluding carboxylic acids is 3. The number of hydrogen-bond acceptors (Lipinski definition) is 7. The molecule has 3 N–H and O–H groups in total. The van der Waals surface area contributed by atoms with Crippen LogP contribution in [0.5, 0.6) is 5.75 Å². The highest BCUT2D eigenvalue weighted by Crippen LogP contribution is 2.31. The fourth-order valence-electron chi connectivity index (χ4n) is 4.08. The molecule has 1 aliphatic heterocycles. The average Bonchev–Trinajstić information content (AvgIpc) is 3.35. The van der Waals surface area contributed by atoms with E-state index in [0.717, 1.165) is 16.1 Å². The number of aromatic nitrogens is 1. The molecule has 0 bridgehead atoms. The number of ketones is 1. The largest absolute Gasteiger partial charge is 0.508 e. The van der Waals surface area contributed by atoms with Gasteiger partial charge in [0.2, 0.25) is 11.8 Å². The van der Waals surface area contributed by atoms with Crippen LogP contribution in [0.15, 0.2) is 23.7 Å². The van der Waals surface area contributed by atoms with Crippen LogP contribution in [0.3, 0.4) is 0 Å². The Bertz CT molecular complexity index is 1070. The quantitative estimate of drug-likeness (QED) is 0.555. The van der Waals surface area contributed by atoms with Crippen molar-refractivity contribution < 1.29 is 19.5 Å². The fraction of sp³-hybridized carbons (Fsp3) is 0.520. The van der Waals surface area contributed by atoms with Gasteiger partial charge in [-0.2, -0.15) is 0 Å². The Kier molecular flexibility index (Phi) is 7.77. The molecule has 1 saturated heterocycles. The minimum atomic E-state index is -0.861. The summed E-state index contributed by atoms with van der Waals surface area (Å²) in [7, 11) is 0. The van der Waals surface area contributed by atoms with Gasteiger partial charge in [0.25, 0.3) is 0 Å². The number of aryl methyl sites for hydroxylation is 1. The van der Waals surface area contributed by atoms with Gasteiger partial charge in [-0.3, -0.25) is 14.4 Å². The van der Waals surface area contributed by atoms with Crippen LogP contribution in [0, 0.1) is 12.3 Å². The number of nitrogens with one attached hydrogen (secondary N) is 2. The molecule has 0 unspecified atom stereocenters. The fourth-order valence-corrected chi connectivity index (χ4v) is 4.88. The number of aromatic hydroxyl groups is 1. The number of thiazole rings is 1. The Morgan fingerprint density at radius 3 is 2.56 bits per heavy atom. The molecule has 2 atom stereocenters. The van der Waals surface area contributed by atoms with E-state index in [-0.39, 0.29) is 43.0 Å². The van der Waals surface area contributed by atoms with Crippen molar-refractivity contribution in [1.29, 1.82) is 0 Å². The third-order valence-corrected chi connectivity index (χ3v) is 6.87. The number of phenols is 1. The van der Waals surface area contributed by atoms with Gasteiger partial charge in [-0.1, -0.05) is 46.8 Å². The first kappa shape index (κ1) is 25.8. The van der Waals surface area contributed by atoms with E-state index in [9.17, 15) is 19.5 Å². The lowest BCUT2D eigenvalue weighted by molar-refractivity contribution is -0.142. The highest BCUT2D eigenvalue weighted by molar-refractivity contribution is 7.13. The molecular formula is C25H34N4O4S. The van der Waals surface area contributed by atoms with Gasteiger partial charge in [-0.05, 0) is 24.0 Å². The van der Waals surface area contributed by atoms with Gasteiger partial charge in [0.1, 0.15) is 11.8 Å². The summed E-state index contributed by atoms with van der Waals surface area (Å²) in [6.45, 7) is 11.7. The van der Waals surface area contributed by atoms with E-state index >= 15 is 0 Å². The van der Waals surface area contributed by atoms with Gasteiger partial charge in [0.05, 0.1) is 28.7 Å². The standard InChI is InChI=1S/C25H34N4O4S/c1-14(2)28-22(25(4,5)6)24(33)29-12-18(30)10-19(29)23(32)26-11-17-8-7-16(9-20(17)31)21-15(3)27-13-34-21/h7-9,13-14,19,22,28,31H,10-12H2,1-6H3,(H,26,32)/t19-,22+/m0/s1. The first-order valence-electron chi connectivity index (χ1n) is 11.5. The number of nitrogens with zero attached hydrogens (tertiary/aromatic N) is 2. The monoisotopic (exact) mass is 486 g/mol. The highest BCUT2D eigenvalue weighted by Gasteiger charge is 2.43. The first-order valence-corrected chi connectivity index (χ1v) is 12.3. The van der Waals surface area contributed by atoms with Crippen LogP contribution >= 0.6 is 11.3 Å². The number of amides is 2. The van der Waals surface area contributed by atoms with E-state index in [2.05, 4.69) is 15.6 Å². The molecule has 3 rings (SSSR count). The lowest BCUT2D eigenvalue weighted by Gasteiger charge is -2.36. The average molecular weight is 487 g/mol. The number of phenolic OH excluding ortho intramolecular Hbond substituents is 1. The van der Waals surface area contributed by atoms with Crippen LogP contribution in [0.2, 0.25) is 0 Å². The number of likely N-dealkylation sites (tertiary alicyclic amines) is 1. The maximum atomic E-state index is 13.4. The van der Waals surface area contributed by atoms with Gasteiger partial charge in [-0.25, -0.2) is 4.98 Å². The minimum absolute atomic E-state index is 0.00824. The van der Waals surface area contributed by atoms with Gasteiger partial charge >= 0.3 is 0 Å². The van der Waals surface area contributed by atoms with Gasteiger partial charge in [0, 0.05) is 24.6 Å². The molecule has 2 heterocycles. The predicted molar refractivity (Wildman–Crippen MR) is 132 cm³/mol. The third-order valence-electron chi connectivity index (χ3n) is 5.89. The molecular weight excluding hydrogens is 452 g/mol. The Morgan fingerprint density at radius 2 is 2.00 bits per heavy atom. The summed E-state index contributed by atoms with van der Waals surface area (Å²) < 4.78 is 0. The Morgan fingerprint density at radius 1 is 1.29 bits per heavy atom. The highest BCUT2D eigenvalue weighted by atomic mass is 32.1. The van der Waals surface area contributed by atoms with Gasteiger partial charge in [-0.15, -0.1) is 11.3 Å². The first-order chi connectivity index (χ1) is 15.9. The molecule has 0 radical (unpaired) electrons. The number of benzene rings is 1. The number of Topliss-reactive ketones (excluding diaryl/α,β-unsaturated/α-hetero) is 1.